The molecule has 1 N–H and O–H groups in total. The van der Waals surface area contributed by atoms with Gasteiger partial charge in [-0.1, -0.05) is 30.3 Å². The van der Waals surface area contributed by atoms with Crippen LogP contribution in [0.1, 0.15) is 22.8 Å². The highest BCUT2D eigenvalue weighted by Crippen LogP contribution is 2.18. The molecule has 18 heavy (non-hydrogen) atoms. The van der Waals surface area contributed by atoms with Gasteiger partial charge in [0, 0.05) is 5.56 Å². The molecule has 0 unspecified atom stereocenters. The predicted octanol–water partition coefficient (Wildman–Crippen LogP) is 3.09. The SMILES string of the molecule is CC(=O)c1ccc2cc(CC(=O)O)ccc2c1.Cl. The van der Waals surface area contributed by atoms with Crippen LogP contribution in [0.4, 0.5) is 0 Å². The van der Waals surface area contributed by atoms with Crippen LogP contribution < -0.4 is 0 Å². The van der Waals surface area contributed by atoms with Crippen molar-refractivity contribution in [3.8, 4) is 0 Å². The molecule has 4 heteroatoms. The van der Waals surface area contributed by atoms with Crippen molar-refractivity contribution in [3.05, 3.63) is 47.5 Å². The smallest absolute Gasteiger partial charge is 0.307 e. The van der Waals surface area contributed by atoms with Gasteiger partial charge >= 0.3 is 5.97 Å². The zero-order valence-corrected chi connectivity index (χ0v) is 10.7. The summed E-state index contributed by atoms with van der Waals surface area (Å²) in [4.78, 5) is 21.8. The fourth-order valence-electron chi connectivity index (χ4n) is 1.80. The molecule has 2 rings (SSSR count). The Labute approximate surface area is 111 Å². The lowest BCUT2D eigenvalue weighted by Gasteiger charge is -2.03. The molecule has 0 aliphatic carbocycles. The van der Waals surface area contributed by atoms with Gasteiger partial charge in [-0.3, -0.25) is 9.59 Å². The summed E-state index contributed by atoms with van der Waals surface area (Å²) >= 11 is 0. The summed E-state index contributed by atoms with van der Waals surface area (Å²) in [5, 5.41) is 10.6. The molecule has 0 fully saturated rings. The maximum atomic E-state index is 11.2. The molecular weight excluding hydrogens is 252 g/mol. The Kier molecular flexibility index (Phi) is 4.45. The molecule has 0 bridgehead atoms. The number of ketones is 1. The molecule has 0 spiro atoms. The molecule has 0 heterocycles. The number of carbonyl (C=O) groups excluding carboxylic acids is 1. The fraction of sp³-hybridized carbons (Fsp3) is 0.143. The van der Waals surface area contributed by atoms with Crippen molar-refractivity contribution in [2.24, 2.45) is 0 Å². The largest absolute Gasteiger partial charge is 0.481 e. The topological polar surface area (TPSA) is 54.4 Å². The molecule has 0 aromatic heterocycles. The Balaban J connectivity index is 0.00000162. The van der Waals surface area contributed by atoms with Gasteiger partial charge in [0.15, 0.2) is 5.78 Å². The van der Waals surface area contributed by atoms with E-state index in [9.17, 15) is 9.59 Å². The maximum absolute atomic E-state index is 11.2. The summed E-state index contributed by atoms with van der Waals surface area (Å²) in [5.74, 6) is -0.814. The second-order valence-corrected chi connectivity index (χ2v) is 4.02. The first-order valence-electron chi connectivity index (χ1n) is 5.32. The third kappa shape index (κ3) is 3.08. The van der Waals surface area contributed by atoms with Crippen LogP contribution in [0.15, 0.2) is 36.4 Å². The Morgan fingerprint density at radius 1 is 1.06 bits per heavy atom. The van der Waals surface area contributed by atoms with Gasteiger partial charge in [-0.15, -0.1) is 12.4 Å². The Hall–Kier alpha value is -1.87. The van der Waals surface area contributed by atoms with Crippen LogP contribution in [0.3, 0.4) is 0 Å². The number of fused-ring (bicyclic) bond motifs is 1. The van der Waals surface area contributed by atoms with Crippen molar-refractivity contribution in [2.45, 2.75) is 13.3 Å². The first-order chi connectivity index (χ1) is 8.06. The van der Waals surface area contributed by atoms with Crippen molar-refractivity contribution in [1.82, 2.24) is 0 Å². The van der Waals surface area contributed by atoms with Gasteiger partial charge in [0.25, 0.3) is 0 Å². The van der Waals surface area contributed by atoms with Crippen LogP contribution in [0.5, 0.6) is 0 Å². The fourth-order valence-corrected chi connectivity index (χ4v) is 1.80. The van der Waals surface area contributed by atoms with Crippen LogP contribution in [-0.4, -0.2) is 16.9 Å². The van der Waals surface area contributed by atoms with Gasteiger partial charge in [0.05, 0.1) is 6.42 Å². The lowest BCUT2D eigenvalue weighted by atomic mass is 10.0. The summed E-state index contributed by atoms with van der Waals surface area (Å²) < 4.78 is 0. The average Bonchev–Trinajstić information content (AvgIpc) is 2.27. The highest BCUT2D eigenvalue weighted by Gasteiger charge is 2.04. The third-order valence-corrected chi connectivity index (χ3v) is 2.67. The monoisotopic (exact) mass is 264 g/mol. The van der Waals surface area contributed by atoms with Crippen molar-refractivity contribution >= 4 is 34.9 Å². The van der Waals surface area contributed by atoms with Crippen LogP contribution in [0.25, 0.3) is 10.8 Å². The molecule has 0 aliphatic rings. The van der Waals surface area contributed by atoms with E-state index in [-0.39, 0.29) is 24.6 Å². The van der Waals surface area contributed by atoms with Crippen molar-refractivity contribution in [3.63, 3.8) is 0 Å². The molecule has 0 aliphatic heterocycles. The lowest BCUT2D eigenvalue weighted by molar-refractivity contribution is -0.136. The Bertz CT molecular complexity index is 605. The number of carbonyl (C=O) groups is 2. The first kappa shape index (κ1) is 14.2. The lowest BCUT2D eigenvalue weighted by Crippen LogP contribution is -1.99. The van der Waals surface area contributed by atoms with E-state index in [0.29, 0.717) is 5.56 Å². The normalized spacial score (nSPS) is 9.83. The molecule has 0 radical (unpaired) electrons. The van der Waals surface area contributed by atoms with Gasteiger partial charge in [-0.05, 0) is 29.3 Å². The minimum Gasteiger partial charge on any atom is -0.481 e. The number of halogens is 1. The van der Waals surface area contributed by atoms with Crippen LogP contribution in [0.2, 0.25) is 0 Å². The summed E-state index contributed by atoms with van der Waals surface area (Å²) in [6.45, 7) is 1.53. The van der Waals surface area contributed by atoms with E-state index in [2.05, 4.69) is 0 Å². The Morgan fingerprint density at radius 2 is 1.67 bits per heavy atom. The summed E-state index contributed by atoms with van der Waals surface area (Å²) in [7, 11) is 0. The molecule has 94 valence electrons. The molecule has 2 aromatic rings. The zero-order valence-electron chi connectivity index (χ0n) is 9.84. The van der Waals surface area contributed by atoms with Gasteiger partial charge in [0.2, 0.25) is 0 Å². The number of benzene rings is 2. The Morgan fingerprint density at radius 3 is 2.28 bits per heavy atom. The minimum atomic E-state index is -0.843. The molecular formula is C14H13ClO3. The molecule has 0 amide bonds. The summed E-state index contributed by atoms with van der Waals surface area (Å²) in [6, 6.07) is 10.9. The van der Waals surface area contributed by atoms with Crippen LogP contribution >= 0.6 is 12.4 Å². The van der Waals surface area contributed by atoms with Gasteiger partial charge in [-0.2, -0.15) is 0 Å². The van der Waals surface area contributed by atoms with Gasteiger partial charge in [-0.25, -0.2) is 0 Å². The summed E-state index contributed by atoms with van der Waals surface area (Å²) in [6.07, 6.45) is 0.0183. The number of Topliss-reactive ketones (excluding diaryl/α,β-unsaturated/α-hetero) is 1. The number of aliphatic carboxylic acids is 1. The molecule has 0 atom stereocenters. The zero-order chi connectivity index (χ0) is 12.4. The number of hydrogen-bond donors (Lipinski definition) is 1. The third-order valence-electron chi connectivity index (χ3n) is 2.67. The quantitative estimate of drug-likeness (QED) is 0.867. The molecule has 0 saturated carbocycles. The summed E-state index contributed by atoms with van der Waals surface area (Å²) in [5.41, 5.74) is 1.43. The van der Waals surface area contributed by atoms with Crippen molar-refractivity contribution in [1.29, 1.82) is 0 Å². The number of hydrogen-bond acceptors (Lipinski definition) is 2. The van der Waals surface area contributed by atoms with E-state index in [0.717, 1.165) is 16.3 Å². The highest BCUT2D eigenvalue weighted by molar-refractivity contribution is 5.98. The van der Waals surface area contributed by atoms with Crippen molar-refractivity contribution < 1.29 is 14.7 Å². The maximum Gasteiger partial charge on any atom is 0.307 e. The average molecular weight is 265 g/mol. The van der Waals surface area contributed by atoms with E-state index in [4.69, 9.17) is 5.11 Å². The van der Waals surface area contributed by atoms with Crippen LogP contribution in [-0.2, 0) is 11.2 Å². The van der Waals surface area contributed by atoms with E-state index < -0.39 is 5.97 Å². The standard InChI is InChI=1S/C14H12O3.ClH/c1-9(15)11-4-5-12-6-10(7-14(16)17)2-3-13(12)8-11;/h2-6,8H,7H2,1H3,(H,16,17);1H. The molecule has 0 saturated heterocycles. The van der Waals surface area contributed by atoms with Crippen LogP contribution in [0, 0.1) is 0 Å². The number of rotatable bonds is 3. The van der Waals surface area contributed by atoms with Gasteiger partial charge < -0.3 is 5.11 Å². The second-order valence-electron chi connectivity index (χ2n) is 4.02. The van der Waals surface area contributed by atoms with Crippen molar-refractivity contribution in [2.75, 3.05) is 0 Å². The molecule has 2 aromatic carbocycles. The van der Waals surface area contributed by atoms with E-state index in [1.54, 1.807) is 12.1 Å². The second kappa shape index (κ2) is 5.65. The minimum absolute atomic E-state index is 0. The van der Waals surface area contributed by atoms with E-state index in [1.807, 2.05) is 24.3 Å². The number of carboxylic acids is 1. The molecule has 3 nitrogen and oxygen atoms in total. The predicted molar refractivity (Wildman–Crippen MR) is 72.5 cm³/mol. The van der Waals surface area contributed by atoms with E-state index >= 15 is 0 Å². The number of carboxylic acid groups (broad SMARTS) is 1. The van der Waals surface area contributed by atoms with Gasteiger partial charge in [0.1, 0.15) is 0 Å². The highest BCUT2D eigenvalue weighted by atomic mass is 35.5. The first-order valence-corrected chi connectivity index (χ1v) is 5.32. The van der Waals surface area contributed by atoms with E-state index in [1.165, 1.54) is 6.92 Å².